The summed E-state index contributed by atoms with van der Waals surface area (Å²) in [5.41, 5.74) is 0.0368. The molecule has 0 saturated carbocycles. The Labute approximate surface area is 249 Å². The zero-order valence-corrected chi connectivity index (χ0v) is 29.0. The van der Waals surface area contributed by atoms with E-state index in [2.05, 4.69) is 27.7 Å². The molecule has 0 radical (unpaired) electrons. The van der Waals surface area contributed by atoms with Gasteiger partial charge >= 0.3 is 15.2 Å². The van der Waals surface area contributed by atoms with Crippen molar-refractivity contribution < 1.29 is 33.8 Å². The SMILES string of the molecule is CCCCC(CC)CC(CC)(CCCC)CC(=C(P(=O)(O)O)P(=O)(O)O)c1cc(C(C)(C)C)c(O)c(C(C)(C)C)c1. The highest BCUT2D eigenvalue weighted by Gasteiger charge is 2.43. The standard InChI is InChI=1S/C32H58O7P2/c1-11-15-17-23(13-3)21-32(14-4,18-16-12-2)22-25(29(40(34,35)36)41(37,38)39)24-19-26(30(5,6)7)28(33)27(20-24)31(8,9)10/h19-20,23,33H,11-18,21-22H2,1-10H3,(H2,34,35,36)(H2,37,38,39). The van der Waals surface area contributed by atoms with Gasteiger partial charge in [0.1, 0.15) is 5.75 Å². The summed E-state index contributed by atoms with van der Waals surface area (Å²) in [5.74, 6) is 0.497. The van der Waals surface area contributed by atoms with Gasteiger partial charge in [0.25, 0.3) is 0 Å². The molecule has 0 fully saturated rings. The Morgan fingerprint density at radius 2 is 1.27 bits per heavy atom. The van der Waals surface area contributed by atoms with Gasteiger partial charge in [-0.05, 0) is 64.7 Å². The van der Waals surface area contributed by atoms with E-state index in [0.29, 0.717) is 29.0 Å². The Morgan fingerprint density at radius 3 is 1.61 bits per heavy atom. The van der Waals surface area contributed by atoms with Crippen LogP contribution < -0.4 is 0 Å². The van der Waals surface area contributed by atoms with E-state index in [0.717, 1.165) is 51.4 Å². The molecular formula is C32H58O7P2. The van der Waals surface area contributed by atoms with Crippen molar-refractivity contribution in [2.75, 3.05) is 0 Å². The molecule has 1 aromatic rings. The lowest BCUT2D eigenvalue weighted by Crippen LogP contribution is -2.25. The van der Waals surface area contributed by atoms with Gasteiger partial charge in [0.2, 0.25) is 0 Å². The van der Waals surface area contributed by atoms with Gasteiger partial charge < -0.3 is 24.7 Å². The molecule has 2 unspecified atom stereocenters. The van der Waals surface area contributed by atoms with Gasteiger partial charge in [-0.15, -0.1) is 0 Å². The maximum Gasteiger partial charge on any atom is 0.364 e. The van der Waals surface area contributed by atoms with E-state index in [1.807, 2.05) is 41.5 Å². The lowest BCUT2D eigenvalue weighted by atomic mass is 9.67. The second-order valence-corrected chi connectivity index (χ2v) is 17.5. The summed E-state index contributed by atoms with van der Waals surface area (Å²) in [7, 11) is -10.7. The average molecular weight is 617 g/mol. The molecule has 0 aliphatic heterocycles. The van der Waals surface area contributed by atoms with Crippen LogP contribution in [0.15, 0.2) is 17.2 Å². The first-order valence-corrected chi connectivity index (χ1v) is 18.5. The molecule has 0 aliphatic rings. The fourth-order valence-electron chi connectivity index (χ4n) is 5.97. The summed E-state index contributed by atoms with van der Waals surface area (Å²) >= 11 is 0. The van der Waals surface area contributed by atoms with Gasteiger partial charge in [0, 0.05) is 11.1 Å². The highest BCUT2D eigenvalue weighted by molar-refractivity contribution is 7.77. The minimum absolute atomic E-state index is 0.0194. The van der Waals surface area contributed by atoms with Crippen LogP contribution in [-0.4, -0.2) is 24.7 Å². The van der Waals surface area contributed by atoms with Crippen LogP contribution in [0.25, 0.3) is 5.57 Å². The monoisotopic (exact) mass is 616 g/mol. The Hall–Kier alpha value is -0.940. The van der Waals surface area contributed by atoms with Crippen LogP contribution in [-0.2, 0) is 20.0 Å². The minimum atomic E-state index is -5.37. The molecule has 7 nitrogen and oxygen atoms in total. The fraction of sp³-hybridized carbons (Fsp3) is 0.750. The minimum Gasteiger partial charge on any atom is -0.507 e. The van der Waals surface area contributed by atoms with Crippen molar-refractivity contribution in [1.82, 2.24) is 0 Å². The lowest BCUT2D eigenvalue weighted by Gasteiger charge is -2.38. The molecule has 1 aromatic carbocycles. The third-order valence-electron chi connectivity index (χ3n) is 8.52. The largest absolute Gasteiger partial charge is 0.507 e. The Kier molecular flexibility index (Phi) is 13.6. The van der Waals surface area contributed by atoms with Crippen LogP contribution in [0.5, 0.6) is 5.75 Å². The first-order valence-electron chi connectivity index (χ1n) is 15.3. The van der Waals surface area contributed by atoms with Crippen molar-refractivity contribution in [1.29, 1.82) is 0 Å². The molecule has 0 saturated heterocycles. The van der Waals surface area contributed by atoms with Gasteiger partial charge in [-0.2, -0.15) is 0 Å². The molecule has 0 bridgehead atoms. The molecule has 41 heavy (non-hydrogen) atoms. The van der Waals surface area contributed by atoms with Crippen molar-refractivity contribution in [3.05, 3.63) is 33.9 Å². The number of rotatable bonds is 15. The summed E-state index contributed by atoms with van der Waals surface area (Å²) < 4.78 is 25.9. The molecule has 2 atom stereocenters. The highest BCUT2D eigenvalue weighted by atomic mass is 31.2. The number of phenolic OH excluding ortho intramolecular Hbond substituents is 1. The molecule has 238 valence electrons. The number of phenols is 1. The predicted molar refractivity (Wildman–Crippen MR) is 171 cm³/mol. The van der Waals surface area contributed by atoms with Crippen molar-refractivity contribution in [3.63, 3.8) is 0 Å². The average Bonchev–Trinajstić information content (AvgIpc) is 2.81. The van der Waals surface area contributed by atoms with Gasteiger partial charge in [-0.1, -0.05) is 114 Å². The summed E-state index contributed by atoms with van der Waals surface area (Å²) in [6.45, 7) is 20.1. The van der Waals surface area contributed by atoms with Crippen LogP contribution in [0.1, 0.15) is 150 Å². The summed E-state index contributed by atoms with van der Waals surface area (Å²) in [6, 6.07) is 3.36. The summed E-state index contributed by atoms with van der Waals surface area (Å²) in [6.07, 6.45) is 8.49. The second kappa shape index (κ2) is 14.7. The Bertz CT molecular complexity index is 1070. The molecule has 0 spiro atoms. The van der Waals surface area contributed by atoms with Gasteiger partial charge in [-0.25, -0.2) is 0 Å². The maximum atomic E-state index is 12.9. The van der Waals surface area contributed by atoms with Gasteiger partial charge in [0.05, 0.1) is 0 Å². The molecule has 1 rings (SSSR count). The number of unbranched alkanes of at least 4 members (excludes halogenated alkanes) is 2. The molecule has 0 amide bonds. The van der Waals surface area contributed by atoms with Crippen LogP contribution >= 0.6 is 15.2 Å². The number of aromatic hydroxyl groups is 1. The van der Waals surface area contributed by atoms with Gasteiger partial charge in [-0.3, -0.25) is 9.13 Å². The quantitative estimate of drug-likeness (QED) is 0.124. The summed E-state index contributed by atoms with van der Waals surface area (Å²) in [5, 5.41) is 10.2. The van der Waals surface area contributed by atoms with Crippen molar-refractivity contribution in [2.45, 2.75) is 144 Å². The molecule has 0 heterocycles. The van der Waals surface area contributed by atoms with Crippen LogP contribution in [0, 0.1) is 11.3 Å². The number of hydrogen-bond donors (Lipinski definition) is 5. The summed E-state index contributed by atoms with van der Waals surface area (Å²) in [4.78, 5) is 41.8. The zero-order chi connectivity index (χ0) is 32.0. The van der Waals surface area contributed by atoms with E-state index in [4.69, 9.17) is 0 Å². The van der Waals surface area contributed by atoms with E-state index in [1.54, 1.807) is 12.1 Å². The molecule has 9 heteroatoms. The van der Waals surface area contributed by atoms with E-state index in [1.165, 1.54) is 0 Å². The van der Waals surface area contributed by atoms with Crippen molar-refractivity contribution in [2.24, 2.45) is 11.3 Å². The van der Waals surface area contributed by atoms with Crippen molar-refractivity contribution in [3.8, 4) is 5.75 Å². The maximum absolute atomic E-state index is 12.9. The highest BCUT2D eigenvalue weighted by Crippen LogP contribution is 2.68. The topological polar surface area (TPSA) is 135 Å². The van der Waals surface area contributed by atoms with Gasteiger partial charge in [0.15, 0.2) is 5.06 Å². The van der Waals surface area contributed by atoms with E-state index >= 15 is 0 Å². The normalized spacial score (nSPS) is 15.5. The third kappa shape index (κ3) is 10.6. The number of hydrogen-bond acceptors (Lipinski definition) is 3. The Balaban J connectivity index is 4.28. The zero-order valence-electron chi connectivity index (χ0n) is 27.3. The molecule has 0 aliphatic carbocycles. The first-order chi connectivity index (χ1) is 18.6. The molecule has 5 N–H and O–H groups in total. The predicted octanol–water partition coefficient (Wildman–Crippen LogP) is 9.59. The molecule has 0 aromatic heterocycles. The molecular weight excluding hydrogens is 558 g/mol. The van der Waals surface area contributed by atoms with Crippen LogP contribution in [0.4, 0.5) is 0 Å². The first kappa shape index (κ1) is 38.1. The fourth-order valence-corrected chi connectivity index (χ4v) is 8.45. The number of benzene rings is 1. The van der Waals surface area contributed by atoms with E-state index in [9.17, 15) is 33.8 Å². The lowest BCUT2D eigenvalue weighted by molar-refractivity contribution is 0.176. The number of allylic oxidation sites excluding steroid dienone is 1. The Morgan fingerprint density at radius 1 is 0.805 bits per heavy atom. The van der Waals surface area contributed by atoms with E-state index < -0.39 is 36.5 Å². The van der Waals surface area contributed by atoms with Crippen LogP contribution in [0.2, 0.25) is 0 Å². The van der Waals surface area contributed by atoms with Crippen molar-refractivity contribution >= 4 is 20.8 Å². The van der Waals surface area contributed by atoms with Crippen LogP contribution in [0.3, 0.4) is 0 Å². The second-order valence-electron chi connectivity index (χ2n) is 14.1. The third-order valence-corrected chi connectivity index (χ3v) is 11.7. The van der Waals surface area contributed by atoms with E-state index in [-0.39, 0.29) is 17.7 Å². The smallest absolute Gasteiger partial charge is 0.364 e.